The van der Waals surface area contributed by atoms with Crippen molar-refractivity contribution in [2.24, 2.45) is 0 Å². The molecule has 31 heavy (non-hydrogen) atoms. The van der Waals surface area contributed by atoms with Crippen LogP contribution in [0.1, 0.15) is 23.7 Å². The Balaban J connectivity index is 1.33. The highest BCUT2D eigenvalue weighted by Gasteiger charge is 2.25. The molecule has 4 heterocycles. The molecule has 1 saturated heterocycles. The molecule has 160 valence electrons. The van der Waals surface area contributed by atoms with E-state index in [0.29, 0.717) is 24.9 Å². The second-order valence-electron chi connectivity index (χ2n) is 8.16. The number of hydrogen-bond acceptors (Lipinski definition) is 7. The summed E-state index contributed by atoms with van der Waals surface area (Å²) in [5, 5.41) is 17.4. The number of amides is 1. The van der Waals surface area contributed by atoms with Crippen LogP contribution in [-0.2, 0) is 17.8 Å². The minimum absolute atomic E-state index is 0.0645. The summed E-state index contributed by atoms with van der Waals surface area (Å²) in [6.45, 7) is 6.48. The molecule has 2 aliphatic heterocycles. The molecule has 0 saturated carbocycles. The van der Waals surface area contributed by atoms with Gasteiger partial charge in [0.25, 0.3) is 0 Å². The van der Waals surface area contributed by atoms with E-state index in [1.165, 1.54) is 0 Å². The quantitative estimate of drug-likeness (QED) is 0.651. The van der Waals surface area contributed by atoms with E-state index in [4.69, 9.17) is 0 Å². The number of likely N-dealkylation sites (tertiary alicyclic amines) is 1. The molecule has 0 atom stereocenters. The van der Waals surface area contributed by atoms with Crippen LogP contribution in [0.4, 0.5) is 17.3 Å². The molecule has 1 aromatic carbocycles. The topological polar surface area (TPSA) is 99.4 Å². The zero-order valence-electron chi connectivity index (χ0n) is 17.6. The Labute approximate surface area is 180 Å². The molecule has 0 spiro atoms. The van der Waals surface area contributed by atoms with Gasteiger partial charge in [-0.1, -0.05) is 0 Å². The predicted octanol–water partition coefficient (Wildman–Crippen LogP) is 1.80. The average molecular weight is 419 g/mol. The van der Waals surface area contributed by atoms with Gasteiger partial charge in [0.1, 0.15) is 0 Å². The highest BCUT2D eigenvalue weighted by Crippen LogP contribution is 2.31. The van der Waals surface area contributed by atoms with Gasteiger partial charge < -0.3 is 15.3 Å². The summed E-state index contributed by atoms with van der Waals surface area (Å²) in [4.78, 5) is 24.7. The number of rotatable bonds is 5. The SMILES string of the molecule is CC(=O)N1CCc2cc(Nc3nccc(-n4cc(CN5CC(O)C5)c(C)n4)n3)ccc21. The Morgan fingerprint density at radius 1 is 1.29 bits per heavy atom. The lowest BCUT2D eigenvalue weighted by atomic mass is 10.1. The third kappa shape index (κ3) is 3.89. The van der Waals surface area contributed by atoms with Gasteiger partial charge in [-0.2, -0.15) is 10.1 Å². The number of aliphatic hydroxyl groups is 1. The molecule has 0 bridgehead atoms. The van der Waals surface area contributed by atoms with Crippen molar-refractivity contribution in [3.05, 3.63) is 53.5 Å². The summed E-state index contributed by atoms with van der Waals surface area (Å²) in [5.41, 5.74) is 5.06. The number of aryl methyl sites for hydroxylation is 1. The lowest BCUT2D eigenvalue weighted by molar-refractivity contribution is -0.116. The summed E-state index contributed by atoms with van der Waals surface area (Å²) >= 11 is 0. The van der Waals surface area contributed by atoms with Crippen LogP contribution in [0.15, 0.2) is 36.7 Å². The van der Waals surface area contributed by atoms with E-state index in [0.717, 1.165) is 47.7 Å². The van der Waals surface area contributed by atoms with E-state index in [2.05, 4.69) is 25.3 Å². The van der Waals surface area contributed by atoms with Crippen molar-refractivity contribution in [2.75, 3.05) is 29.9 Å². The molecule has 0 radical (unpaired) electrons. The van der Waals surface area contributed by atoms with Crippen LogP contribution < -0.4 is 10.2 Å². The molecule has 0 unspecified atom stereocenters. The minimum Gasteiger partial charge on any atom is -0.390 e. The molecule has 5 rings (SSSR count). The Hall–Kier alpha value is -3.30. The van der Waals surface area contributed by atoms with Crippen molar-refractivity contribution in [3.8, 4) is 5.82 Å². The van der Waals surface area contributed by atoms with Crippen LogP contribution in [-0.4, -0.2) is 61.4 Å². The largest absolute Gasteiger partial charge is 0.390 e. The Morgan fingerprint density at radius 3 is 2.90 bits per heavy atom. The number of nitrogens with one attached hydrogen (secondary N) is 1. The fraction of sp³-hybridized carbons (Fsp3) is 0.364. The van der Waals surface area contributed by atoms with Crippen LogP contribution in [0, 0.1) is 6.92 Å². The molecule has 2 aromatic heterocycles. The van der Waals surface area contributed by atoms with Crippen LogP contribution in [0.3, 0.4) is 0 Å². The number of fused-ring (bicyclic) bond motifs is 1. The number of β-amino-alcohol motifs (C(OH)–C–C–N with tert-alkyl or cyclic N) is 1. The first-order valence-corrected chi connectivity index (χ1v) is 10.4. The Kier molecular flexibility index (Phi) is 4.91. The van der Waals surface area contributed by atoms with Gasteiger partial charge in [0, 0.05) is 68.5 Å². The van der Waals surface area contributed by atoms with Crippen LogP contribution in [0.2, 0.25) is 0 Å². The summed E-state index contributed by atoms with van der Waals surface area (Å²) in [5.74, 6) is 1.23. The number of nitrogens with zero attached hydrogens (tertiary/aromatic N) is 6. The second-order valence-corrected chi connectivity index (χ2v) is 8.16. The number of aromatic nitrogens is 4. The zero-order valence-corrected chi connectivity index (χ0v) is 17.6. The third-order valence-corrected chi connectivity index (χ3v) is 5.82. The van der Waals surface area contributed by atoms with Gasteiger partial charge in [0.2, 0.25) is 11.9 Å². The molecule has 1 fully saturated rings. The van der Waals surface area contributed by atoms with Crippen molar-refractivity contribution in [1.29, 1.82) is 0 Å². The highest BCUT2D eigenvalue weighted by molar-refractivity contribution is 5.94. The molecular formula is C22H25N7O2. The summed E-state index contributed by atoms with van der Waals surface area (Å²) in [6.07, 6.45) is 4.32. The van der Waals surface area contributed by atoms with E-state index >= 15 is 0 Å². The normalized spacial score (nSPS) is 16.3. The zero-order chi connectivity index (χ0) is 21.5. The molecule has 9 nitrogen and oxygen atoms in total. The van der Waals surface area contributed by atoms with E-state index in [1.54, 1.807) is 22.7 Å². The molecule has 1 amide bonds. The predicted molar refractivity (Wildman–Crippen MR) is 117 cm³/mol. The van der Waals surface area contributed by atoms with Gasteiger partial charge in [-0.05, 0) is 37.1 Å². The van der Waals surface area contributed by atoms with Gasteiger partial charge in [-0.25, -0.2) is 9.67 Å². The van der Waals surface area contributed by atoms with E-state index < -0.39 is 0 Å². The molecule has 2 aliphatic rings. The smallest absolute Gasteiger partial charge is 0.229 e. The highest BCUT2D eigenvalue weighted by atomic mass is 16.3. The molecule has 3 aromatic rings. The van der Waals surface area contributed by atoms with Crippen molar-refractivity contribution in [1.82, 2.24) is 24.6 Å². The number of hydrogen-bond donors (Lipinski definition) is 2. The Bertz CT molecular complexity index is 1140. The summed E-state index contributed by atoms with van der Waals surface area (Å²) in [6, 6.07) is 7.77. The minimum atomic E-state index is -0.212. The van der Waals surface area contributed by atoms with Gasteiger partial charge in [0.05, 0.1) is 11.8 Å². The van der Waals surface area contributed by atoms with Crippen LogP contribution in [0.25, 0.3) is 5.82 Å². The van der Waals surface area contributed by atoms with Crippen molar-refractivity contribution < 1.29 is 9.90 Å². The molecule has 2 N–H and O–H groups in total. The van der Waals surface area contributed by atoms with E-state index in [-0.39, 0.29) is 12.0 Å². The standard InChI is InChI=1S/C22H25N7O2/c1-14-17(10-27-12-19(31)13-27)11-29(26-14)21-5-7-23-22(25-21)24-18-3-4-20-16(9-18)6-8-28(20)15(2)30/h3-5,7,9,11,19,31H,6,8,10,12-13H2,1-2H3,(H,23,24,25). The molecule has 0 aliphatic carbocycles. The van der Waals surface area contributed by atoms with Crippen LogP contribution >= 0.6 is 0 Å². The Morgan fingerprint density at radius 2 is 2.13 bits per heavy atom. The van der Waals surface area contributed by atoms with E-state index in [1.807, 2.05) is 37.4 Å². The van der Waals surface area contributed by atoms with Gasteiger partial charge >= 0.3 is 0 Å². The van der Waals surface area contributed by atoms with Crippen molar-refractivity contribution in [2.45, 2.75) is 32.9 Å². The lowest BCUT2D eigenvalue weighted by Gasteiger charge is -2.35. The number of carbonyl (C=O) groups is 1. The maximum atomic E-state index is 11.7. The van der Waals surface area contributed by atoms with Gasteiger partial charge in [0.15, 0.2) is 5.82 Å². The average Bonchev–Trinajstić information content (AvgIpc) is 3.30. The van der Waals surface area contributed by atoms with E-state index in [9.17, 15) is 9.90 Å². The lowest BCUT2D eigenvalue weighted by Crippen LogP contribution is -2.49. The fourth-order valence-corrected chi connectivity index (χ4v) is 4.15. The van der Waals surface area contributed by atoms with Crippen molar-refractivity contribution >= 4 is 23.2 Å². The monoisotopic (exact) mass is 419 g/mol. The number of carbonyl (C=O) groups excluding carboxylic acids is 1. The first kappa shape index (κ1) is 19.7. The first-order chi connectivity index (χ1) is 15.0. The molecule has 9 heteroatoms. The first-order valence-electron chi connectivity index (χ1n) is 10.4. The fourth-order valence-electron chi connectivity index (χ4n) is 4.15. The van der Waals surface area contributed by atoms with Gasteiger partial charge in [-0.3, -0.25) is 9.69 Å². The summed E-state index contributed by atoms with van der Waals surface area (Å²) in [7, 11) is 0. The maximum absolute atomic E-state index is 11.7. The number of anilines is 3. The second kappa shape index (κ2) is 7.75. The number of aliphatic hydroxyl groups excluding tert-OH is 1. The maximum Gasteiger partial charge on any atom is 0.229 e. The number of benzene rings is 1. The molecular weight excluding hydrogens is 394 g/mol. The van der Waals surface area contributed by atoms with Gasteiger partial charge in [-0.15, -0.1) is 0 Å². The summed E-state index contributed by atoms with van der Waals surface area (Å²) < 4.78 is 1.77. The third-order valence-electron chi connectivity index (χ3n) is 5.82. The van der Waals surface area contributed by atoms with Crippen LogP contribution in [0.5, 0.6) is 0 Å². The van der Waals surface area contributed by atoms with Crippen molar-refractivity contribution in [3.63, 3.8) is 0 Å².